The van der Waals surface area contributed by atoms with Crippen molar-refractivity contribution in [2.75, 3.05) is 14.7 Å². The zero-order valence-corrected chi connectivity index (χ0v) is 46.5. The Balaban J connectivity index is 1.47. The van der Waals surface area contributed by atoms with Gasteiger partial charge >= 0.3 is 0 Å². The van der Waals surface area contributed by atoms with Gasteiger partial charge in [0, 0.05) is 49.3 Å². The minimum Gasteiger partial charge on any atom is -0.279 e. The third-order valence-electron chi connectivity index (χ3n) is 14.1. The van der Waals surface area contributed by atoms with Crippen molar-refractivity contribution in [3.63, 3.8) is 0 Å². The fourth-order valence-corrected chi connectivity index (χ4v) is 9.59. The van der Waals surface area contributed by atoms with Gasteiger partial charge in [0.15, 0.2) is 0 Å². The highest BCUT2D eigenvalue weighted by Gasteiger charge is 2.26. The second-order valence-corrected chi connectivity index (χ2v) is 20.4. The monoisotopic (exact) mass is 1010 g/mol. The van der Waals surface area contributed by atoms with E-state index in [4.69, 9.17) is 34.9 Å². The normalized spacial score (nSPS) is 11.3. The average molecular weight is 1010 g/mol. The maximum Gasteiger partial charge on any atom is 0.144 e. The molecule has 0 saturated carbocycles. The summed E-state index contributed by atoms with van der Waals surface area (Å²) >= 11 is 0. The highest BCUT2D eigenvalue weighted by Crippen LogP contribution is 2.42. The maximum atomic E-state index is 5.68. The first-order chi connectivity index (χ1) is 36.9. The van der Waals surface area contributed by atoms with E-state index >= 15 is 0 Å². The number of hydrogen-bond acceptors (Lipinski definition) is 10. The van der Waals surface area contributed by atoms with Crippen LogP contribution in [0.25, 0.3) is 0 Å². The number of aryl methyl sites for hydroxylation is 6. The number of nitrogens with zero attached hydrogens (tertiary/aromatic N) is 10. The summed E-state index contributed by atoms with van der Waals surface area (Å²) in [5.41, 5.74) is 8.13. The SMILES string of the molecule is CCCCCc1ccc(N(c2cc(N(c3ccc(CCCCC)cn3)c3ccc(CCCCC)cn3)nc(N(c3ccc(CCCCC)cn3)c3ccc(CCCCC)cn3)c2)c2ccc(CCCCC)cn2)nc1. The zero-order valence-electron chi connectivity index (χ0n) is 46.5. The number of rotatable bonds is 33. The van der Waals surface area contributed by atoms with Gasteiger partial charge in [0.25, 0.3) is 0 Å². The van der Waals surface area contributed by atoms with Crippen LogP contribution in [0.2, 0.25) is 0 Å². The zero-order chi connectivity index (χ0) is 52.5. The van der Waals surface area contributed by atoms with Crippen LogP contribution < -0.4 is 14.7 Å². The third-order valence-corrected chi connectivity index (χ3v) is 14.1. The van der Waals surface area contributed by atoms with Gasteiger partial charge in [-0.1, -0.05) is 155 Å². The van der Waals surface area contributed by atoms with E-state index < -0.39 is 0 Å². The summed E-state index contributed by atoms with van der Waals surface area (Å²) in [5.74, 6) is 5.68. The van der Waals surface area contributed by atoms with Crippen molar-refractivity contribution in [1.82, 2.24) is 34.9 Å². The van der Waals surface area contributed by atoms with E-state index in [1.165, 1.54) is 110 Å². The summed E-state index contributed by atoms with van der Waals surface area (Å²) < 4.78 is 0. The lowest BCUT2D eigenvalue weighted by molar-refractivity contribution is 0.715. The molecule has 7 rings (SSSR count). The molecule has 396 valence electrons. The van der Waals surface area contributed by atoms with Gasteiger partial charge in [0.2, 0.25) is 0 Å². The molecule has 0 unspecified atom stereocenters. The molecular weight excluding hydrogens is 921 g/mol. The number of aromatic nitrogens is 7. The molecule has 0 fully saturated rings. The first-order valence-corrected chi connectivity index (χ1v) is 29.1. The van der Waals surface area contributed by atoms with Crippen molar-refractivity contribution in [1.29, 1.82) is 0 Å². The van der Waals surface area contributed by atoms with Gasteiger partial charge in [0.1, 0.15) is 46.5 Å². The van der Waals surface area contributed by atoms with Gasteiger partial charge < -0.3 is 0 Å². The van der Waals surface area contributed by atoms with Crippen molar-refractivity contribution < 1.29 is 0 Å². The van der Waals surface area contributed by atoms with Gasteiger partial charge in [0.05, 0.1) is 5.69 Å². The van der Waals surface area contributed by atoms with Crippen LogP contribution in [0, 0.1) is 0 Å². The van der Waals surface area contributed by atoms with Gasteiger partial charge in [-0.2, -0.15) is 0 Å². The molecule has 0 aromatic carbocycles. The summed E-state index contributed by atoms with van der Waals surface area (Å²) in [6.07, 6.45) is 39.0. The Kier molecular flexibility index (Phi) is 23.0. The van der Waals surface area contributed by atoms with E-state index in [0.29, 0.717) is 11.6 Å². The summed E-state index contributed by atoms with van der Waals surface area (Å²) in [6.45, 7) is 13.5. The molecule has 7 heterocycles. The molecule has 7 aromatic rings. The van der Waals surface area contributed by atoms with Crippen LogP contribution in [0.3, 0.4) is 0 Å². The van der Waals surface area contributed by atoms with Crippen molar-refractivity contribution in [3.05, 3.63) is 155 Å². The Hall–Kier alpha value is -6.55. The predicted molar refractivity (Wildman–Crippen MR) is 314 cm³/mol. The van der Waals surface area contributed by atoms with Crippen molar-refractivity contribution in [2.45, 2.75) is 196 Å². The molecule has 0 N–H and O–H groups in total. The average Bonchev–Trinajstić information content (AvgIpc) is 3.45. The second-order valence-electron chi connectivity index (χ2n) is 20.4. The highest BCUT2D eigenvalue weighted by atomic mass is 15.3. The minimum absolute atomic E-state index is 0.634. The van der Waals surface area contributed by atoms with E-state index in [-0.39, 0.29) is 0 Å². The number of hydrogen-bond donors (Lipinski definition) is 0. The summed E-state index contributed by atoms with van der Waals surface area (Å²) in [5, 5.41) is 0. The minimum atomic E-state index is 0.634. The lowest BCUT2D eigenvalue weighted by atomic mass is 10.1. The quantitative estimate of drug-likeness (QED) is 0.0370. The standard InChI is InChI=1S/C65H86N10/c1-7-13-19-25-51-31-37-58(66-45-51)73(59-38-32-52(46-67-59)26-20-14-8-2)57-43-64(74(60-39-33-53(47-68-60)27-21-15-9-3)61-40-34-54(48-69-61)28-22-16-10-4)72-65(44-57)75(62-41-35-55(49-70-62)29-23-17-11-5)63-42-36-56(50-71-63)30-24-18-12-6/h31-50H,7-30H2,1-6H3. The lowest BCUT2D eigenvalue weighted by Gasteiger charge is -2.30. The number of anilines is 9. The molecule has 10 heteroatoms. The topological polar surface area (TPSA) is 100.0 Å². The molecule has 0 amide bonds. The summed E-state index contributed by atoms with van der Waals surface area (Å²) in [6, 6.07) is 30.3. The number of pyridine rings is 7. The highest BCUT2D eigenvalue weighted by molar-refractivity contribution is 5.82. The molecule has 7 aromatic heterocycles. The fourth-order valence-electron chi connectivity index (χ4n) is 9.59. The molecule has 10 nitrogen and oxygen atoms in total. The van der Waals surface area contributed by atoms with Gasteiger partial charge in [-0.3, -0.25) is 14.7 Å². The van der Waals surface area contributed by atoms with Crippen LogP contribution >= 0.6 is 0 Å². The van der Waals surface area contributed by atoms with Gasteiger partial charge in [-0.25, -0.2) is 34.9 Å². The van der Waals surface area contributed by atoms with Crippen LogP contribution in [0.1, 0.15) is 190 Å². The van der Waals surface area contributed by atoms with Crippen LogP contribution in [0.4, 0.5) is 52.2 Å². The molecule has 0 aliphatic heterocycles. The van der Waals surface area contributed by atoms with Crippen LogP contribution in [0.5, 0.6) is 0 Å². The van der Waals surface area contributed by atoms with E-state index in [2.05, 4.69) is 141 Å². The van der Waals surface area contributed by atoms with Crippen molar-refractivity contribution >= 4 is 52.2 Å². The molecule has 0 bridgehead atoms. The molecule has 0 radical (unpaired) electrons. The molecular formula is C65H86N10. The fraction of sp³-hybridized carbons (Fsp3) is 0.462. The molecule has 0 atom stereocenters. The van der Waals surface area contributed by atoms with Crippen LogP contribution in [-0.2, 0) is 38.5 Å². The molecule has 0 saturated heterocycles. The summed E-state index contributed by atoms with van der Waals surface area (Å²) in [4.78, 5) is 43.3. The van der Waals surface area contributed by atoms with Crippen molar-refractivity contribution in [3.8, 4) is 0 Å². The van der Waals surface area contributed by atoms with Crippen LogP contribution in [0.15, 0.2) is 122 Å². The molecule has 0 aliphatic carbocycles. The van der Waals surface area contributed by atoms with E-state index in [1.54, 1.807) is 0 Å². The third kappa shape index (κ3) is 16.7. The Labute approximate surface area is 451 Å². The Bertz CT molecular complexity index is 2200. The van der Waals surface area contributed by atoms with Gasteiger partial charge in [-0.15, -0.1) is 0 Å². The van der Waals surface area contributed by atoms with Crippen molar-refractivity contribution in [2.24, 2.45) is 0 Å². The summed E-state index contributed by atoms with van der Waals surface area (Å²) in [7, 11) is 0. The van der Waals surface area contributed by atoms with Crippen LogP contribution in [-0.4, -0.2) is 34.9 Å². The second kappa shape index (κ2) is 30.7. The van der Waals surface area contributed by atoms with E-state index in [9.17, 15) is 0 Å². The van der Waals surface area contributed by atoms with E-state index in [0.717, 1.165) is 118 Å². The lowest BCUT2D eigenvalue weighted by Crippen LogP contribution is -2.21. The Morgan fingerprint density at radius 3 is 0.653 bits per heavy atom. The Morgan fingerprint density at radius 2 is 0.467 bits per heavy atom. The van der Waals surface area contributed by atoms with E-state index in [1.807, 2.05) is 37.2 Å². The first-order valence-electron chi connectivity index (χ1n) is 29.1. The van der Waals surface area contributed by atoms with Gasteiger partial charge in [-0.05, 0) is 147 Å². The first kappa shape index (κ1) is 56.2. The Morgan fingerprint density at radius 1 is 0.253 bits per heavy atom. The molecule has 0 aliphatic rings. The predicted octanol–water partition coefficient (Wildman–Crippen LogP) is 18.3. The molecule has 75 heavy (non-hydrogen) atoms. The largest absolute Gasteiger partial charge is 0.279 e. The number of unbranched alkanes of at least 4 members (excludes halogenated alkanes) is 12. The smallest absolute Gasteiger partial charge is 0.144 e. The maximum absolute atomic E-state index is 5.68. The molecule has 0 spiro atoms.